The Labute approximate surface area is 167 Å². The van der Waals surface area contributed by atoms with Gasteiger partial charge in [-0.25, -0.2) is 0 Å². The predicted octanol–water partition coefficient (Wildman–Crippen LogP) is 1.36. The average Bonchev–Trinajstić information content (AvgIpc) is 3.44. The molecule has 4 rings (SSSR count). The molecule has 1 aliphatic heterocycles. The van der Waals surface area contributed by atoms with Crippen molar-refractivity contribution in [3.63, 3.8) is 0 Å². The van der Waals surface area contributed by atoms with E-state index in [0.717, 1.165) is 16.5 Å². The van der Waals surface area contributed by atoms with Crippen LogP contribution in [0.4, 0.5) is 0 Å². The summed E-state index contributed by atoms with van der Waals surface area (Å²) < 4.78 is 10.3. The number of nitrogens with zero attached hydrogens (tertiary/aromatic N) is 3. The van der Waals surface area contributed by atoms with Gasteiger partial charge in [0, 0.05) is 43.7 Å². The van der Waals surface area contributed by atoms with Gasteiger partial charge in [0.2, 0.25) is 17.7 Å². The zero-order chi connectivity index (χ0) is 20.4. The van der Waals surface area contributed by atoms with E-state index in [0.29, 0.717) is 31.1 Å². The van der Waals surface area contributed by atoms with Gasteiger partial charge in [-0.2, -0.15) is 4.98 Å². The number of aromatic nitrogens is 3. The lowest BCUT2D eigenvalue weighted by Crippen LogP contribution is -2.32. The first-order valence-corrected chi connectivity index (χ1v) is 9.50. The van der Waals surface area contributed by atoms with Gasteiger partial charge < -0.3 is 24.9 Å². The largest absolute Gasteiger partial charge is 0.377 e. The Hall–Kier alpha value is -3.20. The average molecular weight is 397 g/mol. The zero-order valence-corrected chi connectivity index (χ0v) is 16.1. The summed E-state index contributed by atoms with van der Waals surface area (Å²) in [6.07, 6.45) is 2.90. The Morgan fingerprint density at radius 1 is 1.34 bits per heavy atom. The number of nitrogens with two attached hydrogens (primary N) is 1. The van der Waals surface area contributed by atoms with E-state index in [1.807, 2.05) is 30.5 Å². The first-order valence-electron chi connectivity index (χ1n) is 9.50. The number of aromatic amines is 1. The molecule has 0 saturated carbocycles. The van der Waals surface area contributed by atoms with Crippen molar-refractivity contribution in [1.29, 1.82) is 0 Å². The number of carbonyl (C=O) groups excluding carboxylic acids is 2. The lowest BCUT2D eigenvalue weighted by atomic mass is 9.95. The molecule has 0 unspecified atom stereocenters. The number of methoxy groups -OCH3 is 1. The molecule has 2 atom stereocenters. The van der Waals surface area contributed by atoms with E-state index in [2.05, 4.69) is 15.1 Å². The van der Waals surface area contributed by atoms with E-state index >= 15 is 0 Å². The number of rotatable bonds is 7. The predicted molar refractivity (Wildman–Crippen MR) is 104 cm³/mol. The van der Waals surface area contributed by atoms with Crippen molar-refractivity contribution >= 4 is 22.7 Å². The Kier molecular flexibility index (Phi) is 5.30. The fourth-order valence-electron chi connectivity index (χ4n) is 3.89. The maximum Gasteiger partial charge on any atom is 0.232 e. The van der Waals surface area contributed by atoms with Crippen LogP contribution < -0.4 is 5.73 Å². The van der Waals surface area contributed by atoms with E-state index in [9.17, 15) is 9.59 Å². The molecule has 9 heteroatoms. The van der Waals surface area contributed by atoms with Gasteiger partial charge in [-0.05, 0) is 18.1 Å². The monoisotopic (exact) mass is 397 g/mol. The first kappa shape index (κ1) is 19.1. The summed E-state index contributed by atoms with van der Waals surface area (Å²) in [6.45, 7) is 0.800. The molecule has 152 valence electrons. The van der Waals surface area contributed by atoms with Crippen LogP contribution in [-0.2, 0) is 27.4 Å². The molecule has 1 fully saturated rings. The second-order valence-corrected chi connectivity index (χ2v) is 7.26. The number of primary amides is 1. The SMILES string of the molecule is COCc1noc([C@@H]2CN(C(=O)CCc3c[nH]c4ccccc34)C[C@H]2C(N)=O)n1. The first-order chi connectivity index (χ1) is 14.1. The summed E-state index contributed by atoms with van der Waals surface area (Å²) in [5.41, 5.74) is 7.72. The number of likely N-dealkylation sites (tertiary alicyclic amines) is 1. The molecule has 1 saturated heterocycles. The highest BCUT2D eigenvalue weighted by molar-refractivity contribution is 5.85. The lowest BCUT2D eigenvalue weighted by molar-refractivity contribution is -0.130. The third-order valence-corrected chi connectivity index (χ3v) is 5.40. The molecule has 1 aliphatic rings. The Morgan fingerprint density at radius 2 is 2.17 bits per heavy atom. The minimum Gasteiger partial charge on any atom is -0.377 e. The van der Waals surface area contributed by atoms with Crippen molar-refractivity contribution in [3.05, 3.63) is 47.7 Å². The topological polar surface area (TPSA) is 127 Å². The fraction of sp³-hybridized carbons (Fsp3) is 0.400. The van der Waals surface area contributed by atoms with E-state index in [1.54, 1.807) is 4.90 Å². The molecule has 0 spiro atoms. The molecule has 3 N–H and O–H groups in total. The van der Waals surface area contributed by atoms with Crippen LogP contribution in [0, 0.1) is 5.92 Å². The van der Waals surface area contributed by atoms with Crippen LogP contribution in [0.25, 0.3) is 10.9 Å². The summed E-state index contributed by atoms with van der Waals surface area (Å²) in [5, 5.41) is 4.96. The number of para-hydroxylation sites is 1. The van der Waals surface area contributed by atoms with Gasteiger partial charge in [0.25, 0.3) is 0 Å². The summed E-state index contributed by atoms with van der Waals surface area (Å²) in [6, 6.07) is 7.99. The van der Waals surface area contributed by atoms with Crippen molar-refractivity contribution < 1.29 is 18.8 Å². The third-order valence-electron chi connectivity index (χ3n) is 5.40. The van der Waals surface area contributed by atoms with Crippen LogP contribution >= 0.6 is 0 Å². The molecule has 1 aromatic carbocycles. The van der Waals surface area contributed by atoms with Gasteiger partial charge in [0.15, 0.2) is 5.82 Å². The third kappa shape index (κ3) is 3.86. The minimum absolute atomic E-state index is 0.0272. The zero-order valence-electron chi connectivity index (χ0n) is 16.1. The number of carbonyl (C=O) groups is 2. The van der Waals surface area contributed by atoms with Gasteiger partial charge in [-0.15, -0.1) is 0 Å². The highest BCUT2D eigenvalue weighted by Crippen LogP contribution is 2.32. The molecule has 0 bridgehead atoms. The number of hydrogen-bond donors (Lipinski definition) is 2. The number of amides is 2. The highest BCUT2D eigenvalue weighted by atomic mass is 16.5. The van der Waals surface area contributed by atoms with Gasteiger partial charge in [-0.1, -0.05) is 23.4 Å². The molecular formula is C20H23N5O4. The maximum absolute atomic E-state index is 12.8. The molecule has 2 aromatic heterocycles. The van der Waals surface area contributed by atoms with Crippen molar-refractivity contribution in [2.45, 2.75) is 25.4 Å². The molecule has 2 amide bonds. The van der Waals surface area contributed by atoms with Crippen molar-refractivity contribution in [2.24, 2.45) is 11.7 Å². The second-order valence-electron chi connectivity index (χ2n) is 7.26. The number of fused-ring (bicyclic) bond motifs is 1. The summed E-state index contributed by atoms with van der Waals surface area (Å²) in [7, 11) is 1.53. The number of hydrogen-bond acceptors (Lipinski definition) is 6. The van der Waals surface area contributed by atoms with Crippen LogP contribution in [0.1, 0.15) is 29.6 Å². The van der Waals surface area contributed by atoms with Crippen LogP contribution in [0.2, 0.25) is 0 Å². The van der Waals surface area contributed by atoms with Gasteiger partial charge in [0.1, 0.15) is 6.61 Å². The van der Waals surface area contributed by atoms with Crippen LogP contribution in [0.15, 0.2) is 35.0 Å². The quantitative estimate of drug-likeness (QED) is 0.620. The summed E-state index contributed by atoms with van der Waals surface area (Å²) in [4.78, 5) is 33.9. The fourth-order valence-corrected chi connectivity index (χ4v) is 3.89. The number of H-pyrrole nitrogens is 1. The van der Waals surface area contributed by atoms with Crippen LogP contribution in [0.3, 0.4) is 0 Å². The van der Waals surface area contributed by atoms with E-state index < -0.39 is 17.7 Å². The molecule has 0 aliphatic carbocycles. The smallest absolute Gasteiger partial charge is 0.232 e. The Balaban J connectivity index is 1.44. The summed E-state index contributed by atoms with van der Waals surface area (Å²) >= 11 is 0. The highest BCUT2D eigenvalue weighted by Gasteiger charge is 2.42. The lowest BCUT2D eigenvalue weighted by Gasteiger charge is -2.15. The van der Waals surface area contributed by atoms with E-state index in [1.165, 1.54) is 7.11 Å². The Morgan fingerprint density at radius 3 is 2.97 bits per heavy atom. The van der Waals surface area contributed by atoms with Gasteiger partial charge in [0.05, 0.1) is 11.8 Å². The van der Waals surface area contributed by atoms with Crippen molar-refractivity contribution in [3.8, 4) is 0 Å². The summed E-state index contributed by atoms with van der Waals surface area (Å²) in [5.74, 6) is -0.748. The number of benzene rings is 1. The van der Waals surface area contributed by atoms with Crippen molar-refractivity contribution in [1.82, 2.24) is 20.0 Å². The number of ether oxygens (including phenoxy) is 1. The van der Waals surface area contributed by atoms with Crippen molar-refractivity contribution in [2.75, 3.05) is 20.2 Å². The standard InChI is InChI=1S/C20H23N5O4/c1-28-11-17-23-20(29-24-17)15-10-25(9-14(15)19(21)27)18(26)7-6-12-8-22-16-5-3-2-4-13(12)16/h2-5,8,14-15,22H,6-7,9-11H2,1H3,(H2,21,27)/t14-,15-/m1/s1. The molecule has 29 heavy (non-hydrogen) atoms. The van der Waals surface area contributed by atoms with Crippen LogP contribution in [0.5, 0.6) is 0 Å². The number of aryl methyl sites for hydroxylation is 1. The van der Waals surface area contributed by atoms with Gasteiger partial charge >= 0.3 is 0 Å². The maximum atomic E-state index is 12.8. The Bertz CT molecular complexity index is 1030. The molecular weight excluding hydrogens is 374 g/mol. The molecule has 3 heterocycles. The molecule has 9 nitrogen and oxygen atoms in total. The van der Waals surface area contributed by atoms with Gasteiger partial charge in [-0.3, -0.25) is 9.59 Å². The van der Waals surface area contributed by atoms with Crippen LogP contribution in [-0.4, -0.2) is 52.0 Å². The van der Waals surface area contributed by atoms with E-state index in [-0.39, 0.29) is 19.1 Å². The van der Waals surface area contributed by atoms with E-state index in [4.69, 9.17) is 15.0 Å². The normalized spacial score (nSPS) is 19.1. The number of nitrogens with one attached hydrogen (secondary N) is 1. The molecule has 0 radical (unpaired) electrons. The second kappa shape index (κ2) is 8.04. The molecule has 3 aromatic rings. The minimum atomic E-state index is -0.553.